The van der Waals surface area contributed by atoms with E-state index in [0.717, 1.165) is 25.1 Å². The van der Waals surface area contributed by atoms with E-state index in [4.69, 9.17) is 22.7 Å². The van der Waals surface area contributed by atoms with E-state index >= 15 is 4.39 Å². The van der Waals surface area contributed by atoms with Gasteiger partial charge in [-0.1, -0.05) is 11.6 Å². The predicted molar refractivity (Wildman–Crippen MR) is 121 cm³/mol. The van der Waals surface area contributed by atoms with Crippen molar-refractivity contribution in [2.45, 2.75) is 57.0 Å². The van der Waals surface area contributed by atoms with Crippen LogP contribution in [-0.4, -0.2) is 61.9 Å². The maximum absolute atomic E-state index is 15.2. The smallest absolute Gasteiger partial charge is 0.319 e. The molecule has 5 heterocycles. The molecule has 174 valence electrons. The second-order valence-corrected chi connectivity index (χ2v) is 9.81. The Labute approximate surface area is 196 Å². The number of aromatic nitrogens is 4. The molecule has 1 aromatic carbocycles. The van der Waals surface area contributed by atoms with Crippen molar-refractivity contribution in [3.05, 3.63) is 41.2 Å². The number of hydrogen-bond donors (Lipinski definition) is 0. The molecule has 2 aromatic heterocycles. The lowest BCUT2D eigenvalue weighted by atomic mass is 9.95. The summed E-state index contributed by atoms with van der Waals surface area (Å²) in [4.78, 5) is 17.5. The molecule has 0 unspecified atom stereocenters. The number of fused-ring (bicyclic) bond motifs is 3. The van der Waals surface area contributed by atoms with Gasteiger partial charge >= 0.3 is 6.01 Å². The number of anilines is 1. The average Bonchev–Trinajstić information content (AvgIpc) is 3.49. The second kappa shape index (κ2) is 7.77. The van der Waals surface area contributed by atoms with Gasteiger partial charge in [-0.25, -0.2) is 13.8 Å². The Bertz CT molecular complexity index is 1270. The topological polar surface area (TPSA) is 59.3 Å². The summed E-state index contributed by atoms with van der Waals surface area (Å²) in [5, 5.41) is 0.426. The molecule has 0 amide bonds. The van der Waals surface area contributed by atoms with Crippen molar-refractivity contribution in [2.75, 3.05) is 24.6 Å². The third kappa shape index (κ3) is 3.52. The number of ether oxygens (including phenoxy) is 1. The van der Waals surface area contributed by atoms with Crippen LogP contribution in [0.25, 0.3) is 10.9 Å². The average molecular weight is 476 g/mol. The monoisotopic (exact) mass is 475 g/mol. The van der Waals surface area contributed by atoms with Crippen LogP contribution in [-0.2, 0) is 13.1 Å². The van der Waals surface area contributed by atoms with E-state index in [9.17, 15) is 4.39 Å². The van der Waals surface area contributed by atoms with Crippen molar-refractivity contribution in [3.63, 3.8) is 0 Å². The van der Waals surface area contributed by atoms with Gasteiger partial charge in [0.05, 0.1) is 25.5 Å². The molecule has 0 spiro atoms. The number of benzene rings is 1. The first-order valence-electron chi connectivity index (χ1n) is 11.8. The highest BCUT2D eigenvalue weighted by molar-refractivity contribution is 6.31. The van der Waals surface area contributed by atoms with E-state index in [2.05, 4.69) is 31.3 Å². The van der Waals surface area contributed by atoms with Crippen LogP contribution in [0.4, 0.5) is 14.6 Å². The molecule has 33 heavy (non-hydrogen) atoms. The largest absolute Gasteiger partial charge is 0.461 e. The molecular weight excluding hydrogens is 450 g/mol. The third-order valence-corrected chi connectivity index (χ3v) is 7.44. The van der Waals surface area contributed by atoms with Gasteiger partial charge in [-0.2, -0.15) is 9.97 Å². The fraction of sp³-hybridized carbons (Fsp3) is 0.522. The zero-order valence-electron chi connectivity index (χ0n) is 19.3. The van der Waals surface area contributed by atoms with Gasteiger partial charge in [0.1, 0.15) is 24.1 Å². The van der Waals surface area contributed by atoms with Crippen molar-refractivity contribution >= 4 is 28.3 Å². The summed E-state index contributed by atoms with van der Waals surface area (Å²) in [6.45, 7) is 4.78. The first-order chi connectivity index (χ1) is 16.3. The molecule has 0 radical (unpaired) electrons. The Morgan fingerprint density at radius 2 is 2.24 bits per heavy atom. The molecule has 2 saturated heterocycles. The molecule has 3 atom stereocenters. The van der Waals surface area contributed by atoms with Gasteiger partial charge in [0.15, 0.2) is 5.82 Å². The Morgan fingerprint density at radius 1 is 1.36 bits per heavy atom. The summed E-state index contributed by atoms with van der Waals surface area (Å²) in [6.07, 6.45) is 4.99. The normalized spacial score (nSPS) is 27.6. The Hall–Kier alpha value is -2.52. The minimum Gasteiger partial charge on any atom is -0.461 e. The van der Waals surface area contributed by atoms with Crippen LogP contribution in [0.5, 0.6) is 6.01 Å². The molecule has 0 aliphatic carbocycles. The SMILES string of the molecule is [2H]c1c(Cl)cc2c(N3Cc4cncn4C[C@H]3C)nc(OC[C@@]34CCCN3C[C@H](F)C4)nc2c1F. The minimum atomic E-state index is -0.874. The van der Waals surface area contributed by atoms with E-state index in [1.165, 1.54) is 0 Å². The molecule has 2 fully saturated rings. The van der Waals surface area contributed by atoms with Crippen LogP contribution in [0.15, 0.2) is 24.6 Å². The molecule has 3 aliphatic rings. The van der Waals surface area contributed by atoms with Gasteiger partial charge in [-0.3, -0.25) is 4.90 Å². The Kier molecular flexibility index (Phi) is 4.69. The zero-order chi connectivity index (χ0) is 23.6. The molecule has 0 bridgehead atoms. The maximum atomic E-state index is 15.2. The number of imidazole rings is 1. The zero-order valence-corrected chi connectivity index (χ0v) is 19.0. The summed E-state index contributed by atoms with van der Waals surface area (Å²) < 4.78 is 45.5. The number of nitrogens with zero attached hydrogens (tertiary/aromatic N) is 6. The number of halogens is 3. The lowest BCUT2D eigenvalue weighted by Gasteiger charge is -2.36. The van der Waals surface area contributed by atoms with E-state index in [1.54, 1.807) is 18.6 Å². The van der Waals surface area contributed by atoms with Crippen molar-refractivity contribution in [2.24, 2.45) is 0 Å². The number of rotatable bonds is 4. The maximum Gasteiger partial charge on any atom is 0.319 e. The van der Waals surface area contributed by atoms with E-state index in [0.29, 0.717) is 37.3 Å². The van der Waals surface area contributed by atoms with Crippen molar-refractivity contribution in [3.8, 4) is 6.01 Å². The number of hydrogen-bond acceptors (Lipinski definition) is 6. The van der Waals surface area contributed by atoms with Crippen molar-refractivity contribution < 1.29 is 14.9 Å². The highest BCUT2D eigenvalue weighted by Gasteiger charge is 2.49. The van der Waals surface area contributed by atoms with E-state index < -0.39 is 18.0 Å². The summed E-state index contributed by atoms with van der Waals surface area (Å²) in [6, 6.07) is 1.20. The standard InChI is InChI=1S/C23H25ClF2N6O/c1-14-9-30-13-27-8-17(30)11-32(14)21-18-5-15(24)6-19(26)20(18)28-22(29-21)33-12-23-3-2-4-31(23)10-16(25)7-23/h5-6,8,13-14,16H,2-4,7,9-12H2,1H3/t14-,16-,23+/m1/s1/i6D. The fourth-order valence-electron chi connectivity index (χ4n) is 5.64. The third-order valence-electron chi connectivity index (χ3n) is 7.24. The first-order valence-corrected chi connectivity index (χ1v) is 11.7. The van der Waals surface area contributed by atoms with Gasteiger partial charge in [0.25, 0.3) is 0 Å². The molecule has 3 aromatic rings. The van der Waals surface area contributed by atoms with Gasteiger partial charge in [-0.05, 0) is 38.4 Å². The van der Waals surface area contributed by atoms with Crippen LogP contribution in [0, 0.1) is 5.82 Å². The summed E-state index contributed by atoms with van der Waals surface area (Å²) >= 11 is 6.18. The summed E-state index contributed by atoms with van der Waals surface area (Å²) in [5.41, 5.74) is 0.634. The van der Waals surface area contributed by atoms with Crippen LogP contribution in [0.1, 0.15) is 33.3 Å². The summed E-state index contributed by atoms with van der Waals surface area (Å²) in [5.74, 6) is -0.313. The lowest BCUT2D eigenvalue weighted by molar-refractivity contribution is 0.107. The Morgan fingerprint density at radius 3 is 3.12 bits per heavy atom. The molecule has 3 aliphatic heterocycles. The molecule has 0 N–H and O–H groups in total. The first kappa shape index (κ1) is 19.9. The van der Waals surface area contributed by atoms with Crippen LogP contribution >= 0.6 is 11.6 Å². The highest BCUT2D eigenvalue weighted by atomic mass is 35.5. The van der Waals surface area contributed by atoms with Crippen molar-refractivity contribution in [1.82, 2.24) is 24.4 Å². The van der Waals surface area contributed by atoms with E-state index in [-0.39, 0.29) is 34.7 Å². The molecule has 6 rings (SSSR count). The Balaban J connectivity index is 1.41. The molecule has 0 saturated carbocycles. The fourth-order valence-corrected chi connectivity index (χ4v) is 5.83. The molecule has 7 nitrogen and oxygen atoms in total. The highest BCUT2D eigenvalue weighted by Crippen LogP contribution is 2.41. The predicted octanol–water partition coefficient (Wildman–Crippen LogP) is 3.98. The molecule has 10 heteroatoms. The van der Waals surface area contributed by atoms with Gasteiger partial charge in [0, 0.05) is 42.2 Å². The summed E-state index contributed by atoms with van der Waals surface area (Å²) in [7, 11) is 0. The van der Waals surface area contributed by atoms with Crippen molar-refractivity contribution in [1.29, 1.82) is 0 Å². The van der Waals surface area contributed by atoms with Crippen LogP contribution in [0.2, 0.25) is 5.02 Å². The van der Waals surface area contributed by atoms with Crippen LogP contribution in [0.3, 0.4) is 0 Å². The second-order valence-electron chi connectivity index (χ2n) is 9.40. The minimum absolute atomic E-state index is 0.00125. The van der Waals surface area contributed by atoms with Gasteiger partial charge in [-0.15, -0.1) is 0 Å². The molecular formula is C23H25ClF2N6O. The van der Waals surface area contributed by atoms with Gasteiger partial charge in [0.2, 0.25) is 0 Å². The van der Waals surface area contributed by atoms with Gasteiger partial charge < -0.3 is 14.2 Å². The number of alkyl halides is 1. The van der Waals surface area contributed by atoms with E-state index in [1.807, 2.05) is 0 Å². The lowest BCUT2D eigenvalue weighted by Crippen LogP contribution is -2.44. The van der Waals surface area contributed by atoms with Crippen LogP contribution < -0.4 is 9.64 Å². The quantitative estimate of drug-likeness (QED) is 0.569.